The molecule has 0 fully saturated rings. The van der Waals surface area contributed by atoms with Gasteiger partial charge < -0.3 is 15.2 Å². The lowest BCUT2D eigenvalue weighted by molar-refractivity contribution is 0.406. The van der Waals surface area contributed by atoms with Gasteiger partial charge in [0.05, 0.1) is 13.3 Å². The van der Waals surface area contributed by atoms with Crippen molar-refractivity contribution in [2.45, 2.75) is 20.0 Å². The molecule has 2 rings (SSSR count). The zero-order chi connectivity index (χ0) is 13.8. The first-order valence-corrected chi connectivity index (χ1v) is 6.16. The molecule has 0 aliphatic carbocycles. The van der Waals surface area contributed by atoms with Crippen LogP contribution in [0, 0.1) is 6.92 Å². The minimum Gasteiger partial charge on any atom is -0.507 e. The molecule has 0 radical (unpaired) electrons. The summed E-state index contributed by atoms with van der Waals surface area (Å²) < 4.78 is 6.90. The van der Waals surface area contributed by atoms with Gasteiger partial charge in [0.2, 0.25) is 0 Å². The van der Waals surface area contributed by atoms with Crippen LogP contribution >= 0.6 is 0 Å². The number of nitrogens with one attached hydrogen (secondary N) is 1. The Balaban J connectivity index is 1.94. The standard InChI is InChI=1S/C14H19N3O2/c1-10-12(9-16-17(10)2)8-15-7-11-4-5-13(19-3)6-14(11)18/h4-6,9,15,18H,7-8H2,1-3H3. The van der Waals surface area contributed by atoms with Crippen LogP contribution in [0.4, 0.5) is 0 Å². The molecule has 0 spiro atoms. The largest absolute Gasteiger partial charge is 0.507 e. The van der Waals surface area contributed by atoms with E-state index in [1.807, 2.05) is 37.0 Å². The fraction of sp³-hybridized carbons (Fsp3) is 0.357. The van der Waals surface area contributed by atoms with E-state index >= 15 is 0 Å². The molecule has 0 amide bonds. The Kier molecular flexibility index (Phi) is 4.06. The molecule has 0 saturated heterocycles. The molecular weight excluding hydrogens is 242 g/mol. The number of phenolic OH excluding ortho intramolecular Hbond substituents is 1. The number of hydrogen-bond acceptors (Lipinski definition) is 4. The molecular formula is C14H19N3O2. The third kappa shape index (κ3) is 3.06. The Morgan fingerprint density at radius 3 is 2.63 bits per heavy atom. The molecule has 102 valence electrons. The predicted molar refractivity (Wildman–Crippen MR) is 73.1 cm³/mol. The lowest BCUT2D eigenvalue weighted by atomic mass is 10.2. The van der Waals surface area contributed by atoms with E-state index in [-0.39, 0.29) is 5.75 Å². The van der Waals surface area contributed by atoms with Crippen molar-refractivity contribution in [3.05, 3.63) is 41.2 Å². The summed E-state index contributed by atoms with van der Waals surface area (Å²) in [6.45, 7) is 3.37. The highest BCUT2D eigenvalue weighted by molar-refractivity contribution is 5.39. The number of methoxy groups -OCH3 is 1. The van der Waals surface area contributed by atoms with Crippen molar-refractivity contribution in [1.29, 1.82) is 0 Å². The number of phenols is 1. The molecule has 5 nitrogen and oxygen atoms in total. The SMILES string of the molecule is COc1ccc(CNCc2cnn(C)c2C)c(O)c1. The Morgan fingerprint density at radius 2 is 2.05 bits per heavy atom. The maximum atomic E-state index is 9.84. The summed E-state index contributed by atoms with van der Waals surface area (Å²) in [6, 6.07) is 5.32. The number of aromatic hydroxyl groups is 1. The van der Waals surface area contributed by atoms with E-state index in [2.05, 4.69) is 10.4 Å². The third-order valence-corrected chi connectivity index (χ3v) is 3.26. The summed E-state index contributed by atoms with van der Waals surface area (Å²) >= 11 is 0. The van der Waals surface area contributed by atoms with Gasteiger partial charge in [0.25, 0.3) is 0 Å². The first-order chi connectivity index (χ1) is 9.11. The Hall–Kier alpha value is -2.01. The van der Waals surface area contributed by atoms with Crippen molar-refractivity contribution in [2.24, 2.45) is 7.05 Å². The van der Waals surface area contributed by atoms with Gasteiger partial charge in [-0.25, -0.2) is 0 Å². The molecule has 0 aliphatic rings. The molecule has 19 heavy (non-hydrogen) atoms. The van der Waals surface area contributed by atoms with E-state index in [1.165, 1.54) is 0 Å². The highest BCUT2D eigenvalue weighted by Crippen LogP contribution is 2.23. The minimum atomic E-state index is 0.245. The molecule has 0 aliphatic heterocycles. The topological polar surface area (TPSA) is 59.3 Å². The summed E-state index contributed by atoms with van der Waals surface area (Å²) in [5, 5.41) is 17.3. The van der Waals surface area contributed by atoms with Gasteiger partial charge in [-0.2, -0.15) is 5.10 Å². The van der Waals surface area contributed by atoms with Gasteiger partial charge in [-0.3, -0.25) is 4.68 Å². The highest BCUT2D eigenvalue weighted by atomic mass is 16.5. The normalized spacial score (nSPS) is 10.7. The van der Waals surface area contributed by atoms with Gasteiger partial charge in [0.1, 0.15) is 11.5 Å². The third-order valence-electron chi connectivity index (χ3n) is 3.26. The lowest BCUT2D eigenvalue weighted by Gasteiger charge is -2.08. The van der Waals surface area contributed by atoms with Crippen molar-refractivity contribution < 1.29 is 9.84 Å². The predicted octanol–water partition coefficient (Wildman–Crippen LogP) is 1.73. The van der Waals surface area contributed by atoms with Gasteiger partial charge >= 0.3 is 0 Å². The van der Waals surface area contributed by atoms with Crippen molar-refractivity contribution in [1.82, 2.24) is 15.1 Å². The molecule has 0 unspecified atom stereocenters. The van der Waals surface area contributed by atoms with Gasteiger partial charge in [0, 0.05) is 43.0 Å². The van der Waals surface area contributed by atoms with Crippen molar-refractivity contribution in [3.8, 4) is 11.5 Å². The summed E-state index contributed by atoms with van der Waals surface area (Å²) in [5.74, 6) is 0.902. The number of nitrogens with zero attached hydrogens (tertiary/aromatic N) is 2. The van der Waals surface area contributed by atoms with Crippen molar-refractivity contribution >= 4 is 0 Å². The second kappa shape index (κ2) is 5.75. The maximum absolute atomic E-state index is 9.84. The van der Waals surface area contributed by atoms with E-state index < -0.39 is 0 Å². The smallest absolute Gasteiger partial charge is 0.123 e. The van der Waals surface area contributed by atoms with E-state index in [0.29, 0.717) is 12.3 Å². The highest BCUT2D eigenvalue weighted by Gasteiger charge is 2.05. The second-order valence-electron chi connectivity index (χ2n) is 4.48. The van der Waals surface area contributed by atoms with E-state index in [0.717, 1.165) is 23.4 Å². The molecule has 2 aromatic rings. The van der Waals surface area contributed by atoms with Crippen LogP contribution < -0.4 is 10.1 Å². The number of aryl methyl sites for hydroxylation is 1. The number of hydrogen-bond donors (Lipinski definition) is 2. The fourth-order valence-corrected chi connectivity index (χ4v) is 1.87. The van der Waals surface area contributed by atoms with Crippen LogP contribution in [0.25, 0.3) is 0 Å². The van der Waals surface area contributed by atoms with Crippen LogP contribution in [0.2, 0.25) is 0 Å². The Labute approximate surface area is 112 Å². The fourth-order valence-electron chi connectivity index (χ4n) is 1.87. The molecule has 5 heteroatoms. The van der Waals surface area contributed by atoms with Crippen LogP contribution in [-0.4, -0.2) is 22.0 Å². The lowest BCUT2D eigenvalue weighted by Crippen LogP contribution is -2.13. The molecule has 0 bridgehead atoms. The molecule has 0 atom stereocenters. The zero-order valence-corrected chi connectivity index (χ0v) is 11.5. The number of benzene rings is 1. The summed E-state index contributed by atoms with van der Waals surface area (Å²) in [5.41, 5.74) is 3.16. The summed E-state index contributed by atoms with van der Waals surface area (Å²) in [7, 11) is 3.51. The van der Waals surface area contributed by atoms with Gasteiger partial charge in [-0.1, -0.05) is 6.07 Å². The van der Waals surface area contributed by atoms with Crippen LogP contribution in [0.1, 0.15) is 16.8 Å². The number of aromatic nitrogens is 2. The van der Waals surface area contributed by atoms with Crippen LogP contribution in [0.5, 0.6) is 11.5 Å². The monoisotopic (exact) mass is 261 g/mol. The van der Waals surface area contributed by atoms with Gasteiger partial charge in [-0.05, 0) is 13.0 Å². The molecule has 1 aromatic carbocycles. The van der Waals surface area contributed by atoms with Gasteiger partial charge in [0.15, 0.2) is 0 Å². The summed E-state index contributed by atoms with van der Waals surface area (Å²) in [6.07, 6.45) is 1.86. The quantitative estimate of drug-likeness (QED) is 0.860. The van der Waals surface area contributed by atoms with Crippen LogP contribution in [0.3, 0.4) is 0 Å². The maximum Gasteiger partial charge on any atom is 0.123 e. The molecule has 2 N–H and O–H groups in total. The van der Waals surface area contributed by atoms with Gasteiger partial charge in [-0.15, -0.1) is 0 Å². The van der Waals surface area contributed by atoms with Crippen molar-refractivity contribution in [2.75, 3.05) is 7.11 Å². The average Bonchev–Trinajstić information content (AvgIpc) is 2.72. The van der Waals surface area contributed by atoms with Crippen LogP contribution in [0.15, 0.2) is 24.4 Å². The van der Waals surface area contributed by atoms with E-state index in [1.54, 1.807) is 13.2 Å². The zero-order valence-electron chi connectivity index (χ0n) is 11.5. The number of ether oxygens (including phenoxy) is 1. The first-order valence-electron chi connectivity index (χ1n) is 6.16. The van der Waals surface area contributed by atoms with E-state index in [4.69, 9.17) is 4.74 Å². The Morgan fingerprint density at radius 1 is 1.32 bits per heavy atom. The average molecular weight is 261 g/mol. The number of rotatable bonds is 5. The molecule has 0 saturated carbocycles. The van der Waals surface area contributed by atoms with Crippen LogP contribution in [-0.2, 0) is 20.1 Å². The second-order valence-corrected chi connectivity index (χ2v) is 4.48. The molecule has 1 aromatic heterocycles. The first kappa shape index (κ1) is 13.4. The molecule has 1 heterocycles. The van der Waals surface area contributed by atoms with Crippen molar-refractivity contribution in [3.63, 3.8) is 0 Å². The van der Waals surface area contributed by atoms with E-state index in [9.17, 15) is 5.11 Å². The summed E-state index contributed by atoms with van der Waals surface area (Å²) in [4.78, 5) is 0. The minimum absolute atomic E-state index is 0.245. The Bertz CT molecular complexity index is 564.